The maximum atomic E-state index is 12.8. The van der Waals surface area contributed by atoms with Gasteiger partial charge in [0.2, 0.25) is 5.78 Å². The fourth-order valence-electron chi connectivity index (χ4n) is 2.91. The largest absolute Gasteiger partial charge is 0.292 e. The fourth-order valence-corrected chi connectivity index (χ4v) is 4.63. The van der Waals surface area contributed by atoms with Gasteiger partial charge in [-0.2, -0.15) is 0 Å². The molecular formula is C19H16N4O2S2. The van der Waals surface area contributed by atoms with Crippen molar-refractivity contribution in [3.05, 3.63) is 69.2 Å². The molecule has 27 heavy (non-hydrogen) atoms. The van der Waals surface area contributed by atoms with E-state index < -0.39 is 0 Å². The number of carbonyl (C=O) groups is 1. The summed E-state index contributed by atoms with van der Waals surface area (Å²) in [7, 11) is 0. The molecule has 0 saturated heterocycles. The molecule has 0 aliphatic carbocycles. The predicted octanol–water partition coefficient (Wildman–Crippen LogP) is 3.58. The van der Waals surface area contributed by atoms with Crippen molar-refractivity contribution in [1.82, 2.24) is 19.2 Å². The highest BCUT2D eigenvalue weighted by atomic mass is 32.2. The Hall–Kier alpha value is -2.71. The number of thioether (sulfide) groups is 1. The Balaban J connectivity index is 1.79. The monoisotopic (exact) mass is 396 g/mol. The predicted molar refractivity (Wildman–Crippen MR) is 109 cm³/mol. The number of aromatic nitrogens is 4. The molecule has 3 aromatic heterocycles. The number of benzene rings is 1. The lowest BCUT2D eigenvalue weighted by atomic mass is 10.2. The van der Waals surface area contributed by atoms with E-state index in [-0.39, 0.29) is 17.1 Å². The van der Waals surface area contributed by atoms with Gasteiger partial charge in [0.1, 0.15) is 0 Å². The van der Waals surface area contributed by atoms with Crippen LogP contribution in [0, 0.1) is 6.92 Å². The van der Waals surface area contributed by atoms with Gasteiger partial charge >= 0.3 is 0 Å². The summed E-state index contributed by atoms with van der Waals surface area (Å²) in [4.78, 5) is 27.1. The number of hydrogen-bond acceptors (Lipinski definition) is 6. The van der Waals surface area contributed by atoms with Crippen molar-refractivity contribution in [3.63, 3.8) is 0 Å². The standard InChI is InChI=1S/C19H16N4O2S2/c1-3-10-22-17(25)13-6-4-5-7-14(13)23-18(22)20-21-19(23)26-11-15(24)16-9-8-12(2)27-16/h3-9H,1,10-11H2,2H3. The lowest BCUT2D eigenvalue weighted by Gasteiger charge is -2.09. The average molecular weight is 396 g/mol. The van der Waals surface area contributed by atoms with Crippen molar-refractivity contribution in [2.75, 3.05) is 5.75 Å². The van der Waals surface area contributed by atoms with E-state index in [0.29, 0.717) is 22.9 Å². The molecule has 6 nitrogen and oxygen atoms in total. The van der Waals surface area contributed by atoms with E-state index in [0.717, 1.165) is 15.3 Å². The number of fused-ring (bicyclic) bond motifs is 3. The second-order valence-electron chi connectivity index (χ2n) is 5.96. The number of para-hydroxylation sites is 1. The Morgan fingerprint density at radius 2 is 2.07 bits per heavy atom. The normalized spacial score (nSPS) is 11.3. The van der Waals surface area contributed by atoms with Crippen LogP contribution in [0.4, 0.5) is 0 Å². The van der Waals surface area contributed by atoms with Gasteiger partial charge in [0, 0.05) is 11.4 Å². The summed E-state index contributed by atoms with van der Waals surface area (Å²) in [6, 6.07) is 11.1. The van der Waals surface area contributed by atoms with Crippen LogP contribution in [0.5, 0.6) is 0 Å². The lowest BCUT2D eigenvalue weighted by molar-refractivity contribution is 0.102. The van der Waals surface area contributed by atoms with Crippen LogP contribution in [-0.2, 0) is 6.54 Å². The number of Topliss-reactive ketones (excluding diaryl/α,β-unsaturated/α-hetero) is 1. The quantitative estimate of drug-likeness (QED) is 0.283. The molecule has 3 heterocycles. The van der Waals surface area contributed by atoms with E-state index in [4.69, 9.17) is 0 Å². The fraction of sp³-hybridized carbons (Fsp3) is 0.158. The molecule has 4 aromatic rings. The Morgan fingerprint density at radius 3 is 2.81 bits per heavy atom. The second-order valence-corrected chi connectivity index (χ2v) is 8.19. The van der Waals surface area contributed by atoms with Gasteiger partial charge in [0.05, 0.1) is 21.5 Å². The first-order valence-corrected chi connectivity index (χ1v) is 10.1. The molecule has 0 spiro atoms. The van der Waals surface area contributed by atoms with Gasteiger partial charge in [-0.25, -0.2) is 0 Å². The Labute approximate surface area is 163 Å². The maximum Gasteiger partial charge on any atom is 0.263 e. The number of ketones is 1. The zero-order chi connectivity index (χ0) is 19.0. The number of carbonyl (C=O) groups excluding carboxylic acids is 1. The van der Waals surface area contributed by atoms with Gasteiger partial charge < -0.3 is 0 Å². The molecule has 0 amide bonds. The van der Waals surface area contributed by atoms with Crippen molar-refractivity contribution < 1.29 is 4.79 Å². The van der Waals surface area contributed by atoms with Crippen LogP contribution in [0.1, 0.15) is 14.5 Å². The smallest absolute Gasteiger partial charge is 0.263 e. The van der Waals surface area contributed by atoms with Crippen LogP contribution in [0.3, 0.4) is 0 Å². The van der Waals surface area contributed by atoms with E-state index >= 15 is 0 Å². The third kappa shape index (κ3) is 3.11. The van der Waals surface area contributed by atoms with Crippen LogP contribution >= 0.6 is 23.1 Å². The number of allylic oxidation sites excluding steroid dienone is 1. The first-order valence-electron chi connectivity index (χ1n) is 8.30. The number of rotatable bonds is 6. The Kier molecular flexibility index (Phi) is 4.67. The van der Waals surface area contributed by atoms with E-state index in [2.05, 4.69) is 16.8 Å². The lowest BCUT2D eigenvalue weighted by Crippen LogP contribution is -2.22. The highest BCUT2D eigenvalue weighted by molar-refractivity contribution is 7.99. The number of aryl methyl sites for hydroxylation is 1. The van der Waals surface area contributed by atoms with E-state index in [9.17, 15) is 9.59 Å². The topological polar surface area (TPSA) is 69.3 Å². The maximum absolute atomic E-state index is 12.8. The van der Waals surface area contributed by atoms with Gasteiger partial charge in [0.25, 0.3) is 5.56 Å². The summed E-state index contributed by atoms with van der Waals surface area (Å²) < 4.78 is 3.37. The molecule has 4 rings (SSSR count). The third-order valence-corrected chi connectivity index (χ3v) is 6.11. The minimum atomic E-state index is -0.132. The summed E-state index contributed by atoms with van der Waals surface area (Å²) in [6.07, 6.45) is 1.65. The molecule has 0 N–H and O–H groups in total. The zero-order valence-electron chi connectivity index (χ0n) is 14.6. The first kappa shape index (κ1) is 17.7. The van der Waals surface area contributed by atoms with Crippen LogP contribution < -0.4 is 5.56 Å². The number of hydrogen-bond donors (Lipinski definition) is 0. The second kappa shape index (κ2) is 7.13. The van der Waals surface area contributed by atoms with Crippen molar-refractivity contribution in [3.8, 4) is 0 Å². The third-order valence-electron chi connectivity index (χ3n) is 4.14. The van der Waals surface area contributed by atoms with Gasteiger partial charge in [0.15, 0.2) is 10.9 Å². The molecule has 0 bridgehead atoms. The molecule has 8 heteroatoms. The average Bonchev–Trinajstić information content (AvgIpc) is 3.30. The molecular weight excluding hydrogens is 380 g/mol. The van der Waals surface area contributed by atoms with Crippen LogP contribution in [0.2, 0.25) is 0 Å². The zero-order valence-corrected chi connectivity index (χ0v) is 16.2. The van der Waals surface area contributed by atoms with E-state index in [1.807, 2.05) is 41.7 Å². The Morgan fingerprint density at radius 1 is 1.26 bits per heavy atom. The van der Waals surface area contributed by atoms with Gasteiger partial charge in [-0.05, 0) is 31.2 Å². The summed E-state index contributed by atoms with van der Waals surface area (Å²) in [5.41, 5.74) is 0.594. The summed E-state index contributed by atoms with van der Waals surface area (Å²) in [5, 5.41) is 9.60. The molecule has 0 unspecified atom stereocenters. The molecule has 0 atom stereocenters. The van der Waals surface area contributed by atoms with Crippen LogP contribution in [0.25, 0.3) is 16.7 Å². The molecule has 0 aliphatic heterocycles. The van der Waals surface area contributed by atoms with Crippen LogP contribution in [0.15, 0.2) is 59.0 Å². The van der Waals surface area contributed by atoms with E-state index in [1.165, 1.54) is 27.7 Å². The molecule has 0 fully saturated rings. The van der Waals surface area contributed by atoms with Gasteiger partial charge in [-0.15, -0.1) is 28.1 Å². The minimum Gasteiger partial charge on any atom is -0.292 e. The minimum absolute atomic E-state index is 0.0542. The highest BCUT2D eigenvalue weighted by Crippen LogP contribution is 2.24. The van der Waals surface area contributed by atoms with Crippen molar-refractivity contribution >= 4 is 45.6 Å². The molecule has 1 aromatic carbocycles. The van der Waals surface area contributed by atoms with Crippen molar-refractivity contribution in [1.29, 1.82) is 0 Å². The Bertz CT molecular complexity index is 1240. The van der Waals surface area contributed by atoms with Crippen molar-refractivity contribution in [2.45, 2.75) is 18.6 Å². The summed E-state index contributed by atoms with van der Waals surface area (Å²) in [5.74, 6) is 0.759. The van der Waals surface area contributed by atoms with Crippen LogP contribution in [-0.4, -0.2) is 30.7 Å². The molecule has 136 valence electrons. The molecule has 0 saturated carbocycles. The van der Waals surface area contributed by atoms with Gasteiger partial charge in [-0.1, -0.05) is 30.0 Å². The SMILES string of the molecule is C=CCn1c(=O)c2ccccc2n2c(SCC(=O)c3ccc(C)s3)nnc12. The van der Waals surface area contributed by atoms with E-state index in [1.54, 1.807) is 12.1 Å². The number of thiophene rings is 1. The van der Waals surface area contributed by atoms with Gasteiger partial charge in [-0.3, -0.25) is 18.6 Å². The molecule has 0 aliphatic rings. The first-order chi connectivity index (χ1) is 13.1. The van der Waals surface area contributed by atoms with Crippen molar-refractivity contribution in [2.24, 2.45) is 0 Å². The summed E-state index contributed by atoms with van der Waals surface area (Å²) >= 11 is 2.81. The number of nitrogens with zero attached hydrogens (tertiary/aromatic N) is 4. The summed E-state index contributed by atoms with van der Waals surface area (Å²) in [6.45, 7) is 6.03. The molecule has 0 radical (unpaired) electrons. The highest BCUT2D eigenvalue weighted by Gasteiger charge is 2.17.